The highest BCUT2D eigenvalue weighted by Gasteiger charge is 2.05. The van der Waals surface area contributed by atoms with Crippen LogP contribution in [0.15, 0.2) is 30.4 Å². The van der Waals surface area contributed by atoms with E-state index in [0.717, 1.165) is 0 Å². The standard InChI is InChI=1S/C11H10ClFN2/c1-7(14)2-5-11(15)9-6-8(13)3-4-10(9)12/h2-6,14-15H,1H3/b5-2-,14-7?,15-11?. The summed E-state index contributed by atoms with van der Waals surface area (Å²) in [6, 6.07) is 3.85. The van der Waals surface area contributed by atoms with Crippen molar-refractivity contribution in [1.82, 2.24) is 0 Å². The molecular weight excluding hydrogens is 215 g/mol. The predicted octanol–water partition coefficient (Wildman–Crippen LogP) is 3.44. The molecule has 0 aliphatic heterocycles. The first-order valence-corrected chi connectivity index (χ1v) is 4.65. The largest absolute Gasteiger partial charge is 0.306 e. The summed E-state index contributed by atoms with van der Waals surface area (Å²) >= 11 is 5.81. The second-order valence-electron chi connectivity index (χ2n) is 3.05. The summed E-state index contributed by atoms with van der Waals surface area (Å²) in [5.41, 5.74) is 0.743. The summed E-state index contributed by atoms with van der Waals surface area (Å²) in [4.78, 5) is 0. The molecule has 0 atom stereocenters. The van der Waals surface area contributed by atoms with E-state index in [9.17, 15) is 4.39 Å². The number of nitrogens with one attached hydrogen (secondary N) is 2. The Hall–Kier alpha value is -1.48. The van der Waals surface area contributed by atoms with E-state index >= 15 is 0 Å². The Bertz CT molecular complexity index is 438. The summed E-state index contributed by atoms with van der Waals surface area (Å²) < 4.78 is 12.9. The zero-order chi connectivity index (χ0) is 11.4. The third kappa shape index (κ3) is 3.29. The van der Waals surface area contributed by atoms with E-state index in [1.54, 1.807) is 6.92 Å². The molecule has 15 heavy (non-hydrogen) atoms. The van der Waals surface area contributed by atoms with Crippen LogP contribution in [0.2, 0.25) is 5.02 Å². The smallest absolute Gasteiger partial charge is 0.123 e. The lowest BCUT2D eigenvalue weighted by Crippen LogP contribution is -1.97. The zero-order valence-electron chi connectivity index (χ0n) is 8.14. The molecule has 0 aliphatic rings. The molecule has 0 saturated heterocycles. The monoisotopic (exact) mass is 224 g/mol. The fourth-order valence-corrected chi connectivity index (χ4v) is 1.22. The van der Waals surface area contributed by atoms with Gasteiger partial charge in [-0.25, -0.2) is 4.39 Å². The molecule has 1 aromatic carbocycles. The molecule has 0 aliphatic carbocycles. The van der Waals surface area contributed by atoms with Crippen LogP contribution in [0, 0.1) is 16.6 Å². The molecule has 0 radical (unpaired) electrons. The highest BCUT2D eigenvalue weighted by Crippen LogP contribution is 2.17. The van der Waals surface area contributed by atoms with Gasteiger partial charge in [0.2, 0.25) is 0 Å². The maximum Gasteiger partial charge on any atom is 0.123 e. The Labute approximate surface area is 92.4 Å². The third-order valence-corrected chi connectivity index (χ3v) is 2.05. The van der Waals surface area contributed by atoms with Gasteiger partial charge in [0.05, 0.1) is 10.7 Å². The van der Waals surface area contributed by atoms with Crippen LogP contribution >= 0.6 is 11.6 Å². The first kappa shape index (κ1) is 11.6. The quantitative estimate of drug-likeness (QED) is 0.739. The normalized spacial score (nSPS) is 10.6. The van der Waals surface area contributed by atoms with Crippen molar-refractivity contribution in [1.29, 1.82) is 10.8 Å². The molecule has 2 nitrogen and oxygen atoms in total. The first-order chi connectivity index (χ1) is 7.00. The average Bonchev–Trinajstić information content (AvgIpc) is 2.18. The van der Waals surface area contributed by atoms with Crippen LogP contribution in [0.1, 0.15) is 12.5 Å². The lowest BCUT2D eigenvalue weighted by atomic mass is 10.1. The summed E-state index contributed by atoms with van der Waals surface area (Å²) in [5, 5.41) is 15.1. The Kier molecular flexibility index (Phi) is 3.74. The molecule has 4 heteroatoms. The topological polar surface area (TPSA) is 47.7 Å². The number of hydrogen-bond donors (Lipinski definition) is 2. The maximum absolute atomic E-state index is 12.9. The molecule has 0 amide bonds. The number of hydrogen-bond acceptors (Lipinski definition) is 2. The Morgan fingerprint density at radius 3 is 2.60 bits per heavy atom. The predicted molar refractivity (Wildman–Crippen MR) is 60.8 cm³/mol. The van der Waals surface area contributed by atoms with Gasteiger partial charge >= 0.3 is 0 Å². The molecule has 0 bridgehead atoms. The van der Waals surface area contributed by atoms with Crippen molar-refractivity contribution in [3.8, 4) is 0 Å². The van der Waals surface area contributed by atoms with Crippen molar-refractivity contribution in [2.24, 2.45) is 0 Å². The van der Waals surface area contributed by atoms with Gasteiger partial charge in [0.25, 0.3) is 0 Å². The minimum atomic E-state index is -0.431. The van der Waals surface area contributed by atoms with Crippen LogP contribution in [-0.2, 0) is 0 Å². The number of halogens is 2. The second kappa shape index (κ2) is 4.84. The van der Waals surface area contributed by atoms with Gasteiger partial charge in [-0.1, -0.05) is 11.6 Å². The molecule has 0 saturated carbocycles. The van der Waals surface area contributed by atoms with Gasteiger partial charge in [0.15, 0.2) is 0 Å². The molecule has 1 aromatic rings. The van der Waals surface area contributed by atoms with Gasteiger partial charge in [-0.05, 0) is 37.3 Å². The van der Waals surface area contributed by atoms with Crippen molar-refractivity contribution in [2.45, 2.75) is 6.92 Å². The molecule has 0 heterocycles. The highest BCUT2D eigenvalue weighted by molar-refractivity contribution is 6.34. The lowest BCUT2D eigenvalue weighted by molar-refractivity contribution is 0.627. The fourth-order valence-electron chi connectivity index (χ4n) is 1.00. The maximum atomic E-state index is 12.9. The third-order valence-electron chi connectivity index (χ3n) is 1.72. The molecule has 78 valence electrons. The fraction of sp³-hybridized carbons (Fsp3) is 0.0909. The Balaban J connectivity index is 3.01. The highest BCUT2D eigenvalue weighted by atomic mass is 35.5. The van der Waals surface area contributed by atoms with Gasteiger partial charge < -0.3 is 10.8 Å². The molecule has 1 rings (SSSR count). The minimum absolute atomic E-state index is 0.0890. The van der Waals surface area contributed by atoms with Crippen LogP contribution in [0.5, 0.6) is 0 Å². The summed E-state index contributed by atoms with van der Waals surface area (Å²) in [6.07, 6.45) is 2.88. The van der Waals surface area contributed by atoms with E-state index < -0.39 is 5.82 Å². The molecule has 0 aromatic heterocycles. The van der Waals surface area contributed by atoms with Crippen LogP contribution in [0.3, 0.4) is 0 Å². The minimum Gasteiger partial charge on any atom is -0.306 e. The van der Waals surface area contributed by atoms with Crippen molar-refractivity contribution in [2.75, 3.05) is 0 Å². The molecular formula is C11H10ClFN2. The van der Waals surface area contributed by atoms with Gasteiger partial charge in [0.1, 0.15) is 5.82 Å². The summed E-state index contributed by atoms with van der Waals surface area (Å²) in [7, 11) is 0. The average molecular weight is 225 g/mol. The summed E-state index contributed by atoms with van der Waals surface area (Å²) in [6.45, 7) is 1.59. The van der Waals surface area contributed by atoms with Gasteiger partial charge in [-0.3, -0.25) is 0 Å². The number of benzene rings is 1. The lowest BCUT2D eigenvalue weighted by Gasteiger charge is -2.01. The molecule has 0 fully saturated rings. The number of allylic oxidation sites excluding steroid dienone is 2. The van der Waals surface area contributed by atoms with Gasteiger partial charge in [-0.15, -0.1) is 0 Å². The van der Waals surface area contributed by atoms with E-state index in [1.165, 1.54) is 30.4 Å². The van der Waals surface area contributed by atoms with Crippen molar-refractivity contribution in [3.05, 3.63) is 46.8 Å². The van der Waals surface area contributed by atoms with E-state index in [4.69, 9.17) is 22.4 Å². The van der Waals surface area contributed by atoms with Crippen LogP contribution in [-0.4, -0.2) is 11.4 Å². The first-order valence-electron chi connectivity index (χ1n) is 4.28. The Morgan fingerprint density at radius 1 is 1.33 bits per heavy atom. The second-order valence-corrected chi connectivity index (χ2v) is 3.46. The van der Waals surface area contributed by atoms with E-state index in [2.05, 4.69) is 0 Å². The SMILES string of the molecule is CC(=N)/C=C\C(=N)c1cc(F)ccc1Cl. The van der Waals surface area contributed by atoms with Crippen molar-refractivity contribution < 1.29 is 4.39 Å². The molecule has 0 spiro atoms. The van der Waals surface area contributed by atoms with E-state index in [-0.39, 0.29) is 5.71 Å². The van der Waals surface area contributed by atoms with Crippen LogP contribution in [0.25, 0.3) is 0 Å². The summed E-state index contributed by atoms with van der Waals surface area (Å²) in [5.74, 6) is -0.431. The molecule has 2 N–H and O–H groups in total. The van der Waals surface area contributed by atoms with E-state index in [0.29, 0.717) is 16.3 Å². The molecule has 0 unspecified atom stereocenters. The number of rotatable bonds is 3. The zero-order valence-corrected chi connectivity index (χ0v) is 8.90. The Morgan fingerprint density at radius 2 is 2.00 bits per heavy atom. The van der Waals surface area contributed by atoms with Crippen molar-refractivity contribution in [3.63, 3.8) is 0 Å². The van der Waals surface area contributed by atoms with Crippen LogP contribution in [0.4, 0.5) is 4.39 Å². The van der Waals surface area contributed by atoms with E-state index in [1.807, 2.05) is 0 Å². The van der Waals surface area contributed by atoms with Gasteiger partial charge in [0, 0.05) is 11.3 Å². The van der Waals surface area contributed by atoms with Crippen LogP contribution < -0.4 is 0 Å². The van der Waals surface area contributed by atoms with Gasteiger partial charge in [-0.2, -0.15) is 0 Å². The van der Waals surface area contributed by atoms with Crippen molar-refractivity contribution >= 4 is 23.0 Å².